The minimum absolute atomic E-state index is 0.0113. The summed E-state index contributed by atoms with van der Waals surface area (Å²) in [5, 5.41) is 3.80. The van der Waals surface area contributed by atoms with Gasteiger partial charge in [-0.1, -0.05) is 24.3 Å². The number of ether oxygens (including phenoxy) is 1. The second-order valence-corrected chi connectivity index (χ2v) is 5.72. The van der Waals surface area contributed by atoms with E-state index in [0.717, 1.165) is 17.5 Å². The van der Waals surface area contributed by atoms with Crippen molar-refractivity contribution in [1.82, 2.24) is 15.3 Å². The van der Waals surface area contributed by atoms with E-state index < -0.39 is 0 Å². The lowest BCUT2D eigenvalue weighted by Crippen LogP contribution is -2.36. The number of nitrogens with zero attached hydrogens (tertiary/aromatic N) is 1. The Hall–Kier alpha value is -2.66. The van der Waals surface area contributed by atoms with E-state index in [9.17, 15) is 4.79 Å². The lowest BCUT2D eigenvalue weighted by molar-refractivity contribution is 0.0285. The van der Waals surface area contributed by atoms with Gasteiger partial charge in [0.1, 0.15) is 5.65 Å². The van der Waals surface area contributed by atoms with Crippen molar-refractivity contribution in [2.75, 3.05) is 6.54 Å². The van der Waals surface area contributed by atoms with Crippen molar-refractivity contribution in [3.05, 3.63) is 65.5 Å². The fourth-order valence-corrected chi connectivity index (χ4v) is 2.99. The number of benzene rings is 1. The molecule has 0 saturated heterocycles. The summed E-state index contributed by atoms with van der Waals surface area (Å²) in [4.78, 5) is 19.6. The molecule has 4 rings (SSSR count). The molecule has 2 N–H and O–H groups in total. The molecule has 0 unspecified atom stereocenters. The number of rotatable bonds is 3. The van der Waals surface area contributed by atoms with Crippen LogP contribution in [0.25, 0.3) is 11.0 Å². The second kappa shape index (κ2) is 5.85. The molecule has 1 aliphatic heterocycles. The summed E-state index contributed by atoms with van der Waals surface area (Å²) in [5.74, 6) is -0.105. The molecule has 0 bridgehead atoms. The Labute approximate surface area is 133 Å². The normalized spacial score (nSPS) is 17.0. The van der Waals surface area contributed by atoms with Crippen LogP contribution in [0.5, 0.6) is 0 Å². The van der Waals surface area contributed by atoms with Crippen molar-refractivity contribution in [3.8, 4) is 0 Å². The van der Waals surface area contributed by atoms with Gasteiger partial charge in [0, 0.05) is 30.7 Å². The molecule has 1 aliphatic rings. The first kappa shape index (κ1) is 14.0. The maximum Gasteiger partial charge on any atom is 0.253 e. The number of aromatic amines is 1. The van der Waals surface area contributed by atoms with E-state index in [-0.39, 0.29) is 12.0 Å². The highest BCUT2D eigenvalue weighted by Crippen LogP contribution is 2.20. The number of aromatic nitrogens is 2. The van der Waals surface area contributed by atoms with Gasteiger partial charge < -0.3 is 15.0 Å². The van der Waals surface area contributed by atoms with E-state index in [0.29, 0.717) is 18.7 Å². The summed E-state index contributed by atoms with van der Waals surface area (Å²) in [7, 11) is 0. The predicted molar refractivity (Wildman–Crippen MR) is 87.1 cm³/mol. The van der Waals surface area contributed by atoms with Gasteiger partial charge in [-0.2, -0.15) is 0 Å². The molecule has 23 heavy (non-hydrogen) atoms. The monoisotopic (exact) mass is 307 g/mol. The smallest absolute Gasteiger partial charge is 0.253 e. The van der Waals surface area contributed by atoms with Crippen molar-refractivity contribution in [2.45, 2.75) is 19.1 Å². The zero-order valence-electron chi connectivity index (χ0n) is 12.6. The van der Waals surface area contributed by atoms with Crippen molar-refractivity contribution in [3.63, 3.8) is 0 Å². The van der Waals surface area contributed by atoms with E-state index >= 15 is 0 Å². The van der Waals surface area contributed by atoms with Crippen LogP contribution in [-0.2, 0) is 17.8 Å². The average molecular weight is 307 g/mol. The summed E-state index contributed by atoms with van der Waals surface area (Å²) in [5.41, 5.74) is 3.87. The Kier molecular flexibility index (Phi) is 3.55. The van der Waals surface area contributed by atoms with Crippen LogP contribution in [0.15, 0.2) is 48.8 Å². The van der Waals surface area contributed by atoms with Crippen LogP contribution in [0, 0.1) is 0 Å². The van der Waals surface area contributed by atoms with Crippen molar-refractivity contribution in [1.29, 1.82) is 0 Å². The summed E-state index contributed by atoms with van der Waals surface area (Å²) in [6.45, 7) is 1.10. The molecule has 0 radical (unpaired) electrons. The van der Waals surface area contributed by atoms with Crippen LogP contribution < -0.4 is 5.32 Å². The molecule has 3 aromatic rings. The maximum absolute atomic E-state index is 12.4. The number of hydrogen-bond donors (Lipinski definition) is 2. The van der Waals surface area contributed by atoms with Gasteiger partial charge in [-0.05, 0) is 23.3 Å². The number of fused-ring (bicyclic) bond motifs is 2. The highest BCUT2D eigenvalue weighted by molar-refractivity contribution is 6.05. The van der Waals surface area contributed by atoms with Gasteiger partial charge in [0.15, 0.2) is 0 Å². The third-order valence-corrected chi connectivity index (χ3v) is 4.23. The van der Waals surface area contributed by atoms with Crippen LogP contribution in [-0.4, -0.2) is 28.5 Å². The summed E-state index contributed by atoms with van der Waals surface area (Å²) in [6.07, 6.45) is 4.24. The van der Waals surface area contributed by atoms with Crippen molar-refractivity contribution < 1.29 is 9.53 Å². The molecule has 5 heteroatoms. The molecule has 2 aromatic heterocycles. The Morgan fingerprint density at radius 1 is 1.26 bits per heavy atom. The van der Waals surface area contributed by atoms with Gasteiger partial charge >= 0.3 is 0 Å². The van der Waals surface area contributed by atoms with E-state index in [2.05, 4.69) is 27.4 Å². The SMILES string of the molecule is O=C(NC[C@@H]1Cc2ccccc2CO1)c1c[nH]c2ncccc12. The highest BCUT2D eigenvalue weighted by atomic mass is 16.5. The first-order valence-corrected chi connectivity index (χ1v) is 7.70. The third kappa shape index (κ3) is 2.71. The summed E-state index contributed by atoms with van der Waals surface area (Å²) in [6, 6.07) is 12.0. The lowest BCUT2D eigenvalue weighted by atomic mass is 9.99. The average Bonchev–Trinajstić information content (AvgIpc) is 3.03. The standard InChI is InChI=1S/C18H17N3O2/c22-18(16-10-20-17-15(16)6-3-7-19-17)21-9-14-8-12-4-1-2-5-13(12)11-23-14/h1-7,10,14H,8-9,11H2,(H,19,20)(H,21,22)/t14-/m0/s1. The van der Waals surface area contributed by atoms with Crippen LogP contribution in [0.1, 0.15) is 21.5 Å². The number of pyridine rings is 1. The Morgan fingerprint density at radius 2 is 2.13 bits per heavy atom. The number of hydrogen-bond acceptors (Lipinski definition) is 3. The first-order chi connectivity index (χ1) is 11.3. The van der Waals surface area contributed by atoms with Gasteiger partial charge in [-0.15, -0.1) is 0 Å². The molecule has 5 nitrogen and oxygen atoms in total. The summed E-state index contributed by atoms with van der Waals surface area (Å²) < 4.78 is 5.82. The van der Waals surface area contributed by atoms with Gasteiger partial charge in [-0.25, -0.2) is 4.98 Å². The molecule has 0 fully saturated rings. The highest BCUT2D eigenvalue weighted by Gasteiger charge is 2.20. The maximum atomic E-state index is 12.4. The van der Waals surface area contributed by atoms with Crippen LogP contribution in [0.3, 0.4) is 0 Å². The fourth-order valence-electron chi connectivity index (χ4n) is 2.99. The summed E-state index contributed by atoms with van der Waals surface area (Å²) >= 11 is 0. The molecule has 0 saturated carbocycles. The minimum atomic E-state index is -0.105. The number of carbonyl (C=O) groups excluding carboxylic acids is 1. The molecule has 3 heterocycles. The van der Waals surface area contributed by atoms with E-state index in [1.807, 2.05) is 24.3 Å². The molecule has 1 aromatic carbocycles. The zero-order valence-corrected chi connectivity index (χ0v) is 12.6. The van der Waals surface area contributed by atoms with Crippen LogP contribution in [0.2, 0.25) is 0 Å². The molecular weight excluding hydrogens is 290 g/mol. The van der Waals surface area contributed by atoms with E-state index in [1.54, 1.807) is 12.4 Å². The quantitative estimate of drug-likeness (QED) is 0.781. The fraction of sp³-hybridized carbons (Fsp3) is 0.222. The molecule has 0 spiro atoms. The number of H-pyrrole nitrogens is 1. The van der Waals surface area contributed by atoms with Gasteiger partial charge in [0.2, 0.25) is 0 Å². The number of amides is 1. The van der Waals surface area contributed by atoms with E-state index in [4.69, 9.17) is 4.74 Å². The Bertz CT molecular complexity index is 856. The van der Waals surface area contributed by atoms with Gasteiger partial charge in [-0.3, -0.25) is 4.79 Å². The van der Waals surface area contributed by atoms with Crippen LogP contribution >= 0.6 is 0 Å². The van der Waals surface area contributed by atoms with Crippen LogP contribution in [0.4, 0.5) is 0 Å². The van der Waals surface area contributed by atoms with E-state index in [1.165, 1.54) is 11.1 Å². The van der Waals surface area contributed by atoms with Crippen molar-refractivity contribution >= 4 is 16.9 Å². The Morgan fingerprint density at radius 3 is 3.04 bits per heavy atom. The molecular formula is C18H17N3O2. The van der Waals surface area contributed by atoms with Gasteiger partial charge in [0.05, 0.1) is 18.3 Å². The molecule has 1 atom stereocenters. The topological polar surface area (TPSA) is 67.0 Å². The number of carbonyl (C=O) groups is 1. The lowest BCUT2D eigenvalue weighted by Gasteiger charge is -2.25. The largest absolute Gasteiger partial charge is 0.371 e. The zero-order chi connectivity index (χ0) is 15.6. The van der Waals surface area contributed by atoms with Crippen molar-refractivity contribution in [2.24, 2.45) is 0 Å². The first-order valence-electron chi connectivity index (χ1n) is 7.70. The second-order valence-electron chi connectivity index (χ2n) is 5.72. The molecule has 116 valence electrons. The molecule has 0 aliphatic carbocycles. The predicted octanol–water partition coefficient (Wildman–Crippen LogP) is 2.43. The third-order valence-electron chi connectivity index (χ3n) is 4.23. The Balaban J connectivity index is 1.43. The molecule has 1 amide bonds. The van der Waals surface area contributed by atoms with Gasteiger partial charge in [0.25, 0.3) is 5.91 Å². The number of nitrogens with one attached hydrogen (secondary N) is 2. The minimum Gasteiger partial charge on any atom is -0.371 e.